The van der Waals surface area contributed by atoms with Crippen LogP contribution in [0.15, 0.2) is 18.2 Å². The Bertz CT molecular complexity index is 403. The van der Waals surface area contributed by atoms with Crippen LogP contribution >= 0.6 is 0 Å². The molecule has 2 rings (SSSR count). The fourth-order valence-electron chi connectivity index (χ4n) is 2.80. The summed E-state index contributed by atoms with van der Waals surface area (Å²) in [5.74, 6) is 0.922. The highest BCUT2D eigenvalue weighted by molar-refractivity contribution is 5.40. The van der Waals surface area contributed by atoms with E-state index in [4.69, 9.17) is 4.74 Å². The van der Waals surface area contributed by atoms with Gasteiger partial charge in [-0.25, -0.2) is 0 Å². The zero-order chi connectivity index (χ0) is 13.1. The van der Waals surface area contributed by atoms with Crippen molar-refractivity contribution >= 4 is 0 Å². The number of fused-ring (bicyclic) bond motifs is 1. The van der Waals surface area contributed by atoms with Crippen LogP contribution in [-0.2, 0) is 6.42 Å². The van der Waals surface area contributed by atoms with Gasteiger partial charge in [0.2, 0.25) is 0 Å². The van der Waals surface area contributed by atoms with Crippen LogP contribution in [-0.4, -0.2) is 24.4 Å². The molecule has 0 spiro atoms. The Labute approximate surface area is 109 Å². The third-order valence-corrected chi connectivity index (χ3v) is 3.61. The summed E-state index contributed by atoms with van der Waals surface area (Å²) in [7, 11) is 1.70. The van der Waals surface area contributed by atoms with Crippen molar-refractivity contribution in [2.75, 3.05) is 7.11 Å². The molecule has 3 atom stereocenters. The second-order valence-electron chi connectivity index (χ2n) is 5.31. The topological polar surface area (TPSA) is 41.5 Å². The average molecular weight is 249 g/mol. The summed E-state index contributed by atoms with van der Waals surface area (Å²) < 4.78 is 5.29. The molecule has 1 aliphatic carbocycles. The molecule has 3 unspecified atom stereocenters. The van der Waals surface area contributed by atoms with Crippen molar-refractivity contribution in [3.8, 4) is 5.75 Å². The maximum absolute atomic E-state index is 9.41. The maximum Gasteiger partial charge on any atom is 0.119 e. The third-order valence-electron chi connectivity index (χ3n) is 3.61. The Morgan fingerprint density at radius 2 is 2.22 bits per heavy atom. The molecule has 3 nitrogen and oxygen atoms in total. The van der Waals surface area contributed by atoms with Crippen molar-refractivity contribution in [2.24, 2.45) is 0 Å². The van der Waals surface area contributed by atoms with Gasteiger partial charge in [0, 0.05) is 12.1 Å². The quantitative estimate of drug-likeness (QED) is 0.842. The van der Waals surface area contributed by atoms with Gasteiger partial charge in [0.25, 0.3) is 0 Å². The lowest BCUT2D eigenvalue weighted by Crippen LogP contribution is -2.31. The fourth-order valence-corrected chi connectivity index (χ4v) is 2.80. The van der Waals surface area contributed by atoms with Crippen LogP contribution in [0.3, 0.4) is 0 Å². The number of ether oxygens (including phenoxy) is 1. The van der Waals surface area contributed by atoms with E-state index in [0.29, 0.717) is 12.1 Å². The van der Waals surface area contributed by atoms with E-state index in [1.165, 1.54) is 11.1 Å². The highest BCUT2D eigenvalue weighted by Crippen LogP contribution is 2.34. The highest BCUT2D eigenvalue weighted by Gasteiger charge is 2.24. The summed E-state index contributed by atoms with van der Waals surface area (Å²) in [6, 6.07) is 7.04. The second kappa shape index (κ2) is 5.72. The van der Waals surface area contributed by atoms with Gasteiger partial charge < -0.3 is 15.2 Å². The Morgan fingerprint density at radius 3 is 2.89 bits per heavy atom. The number of hydrogen-bond donors (Lipinski definition) is 2. The Morgan fingerprint density at radius 1 is 1.44 bits per heavy atom. The standard InChI is InChI=1S/C15H23NO2/c1-10(8-11(2)17)16-15-7-5-12-4-6-13(18-3)9-14(12)15/h4,6,9-11,15-17H,5,7-8H2,1-3H3. The molecule has 100 valence electrons. The summed E-state index contributed by atoms with van der Waals surface area (Å²) in [6.07, 6.45) is 2.79. The zero-order valence-corrected chi connectivity index (χ0v) is 11.4. The van der Waals surface area contributed by atoms with Crippen molar-refractivity contribution in [3.05, 3.63) is 29.3 Å². The summed E-state index contributed by atoms with van der Waals surface area (Å²) in [4.78, 5) is 0. The first-order chi connectivity index (χ1) is 8.60. The molecular weight excluding hydrogens is 226 g/mol. The van der Waals surface area contributed by atoms with Crippen LogP contribution in [0.4, 0.5) is 0 Å². The van der Waals surface area contributed by atoms with Gasteiger partial charge in [0.1, 0.15) is 5.75 Å². The van der Waals surface area contributed by atoms with E-state index < -0.39 is 0 Å². The van der Waals surface area contributed by atoms with E-state index in [1.54, 1.807) is 7.11 Å². The Balaban J connectivity index is 2.06. The van der Waals surface area contributed by atoms with Gasteiger partial charge >= 0.3 is 0 Å². The second-order valence-corrected chi connectivity index (χ2v) is 5.31. The molecule has 0 saturated carbocycles. The number of benzene rings is 1. The molecule has 0 heterocycles. The number of methoxy groups -OCH3 is 1. The number of aliphatic hydroxyl groups is 1. The maximum atomic E-state index is 9.41. The van der Waals surface area contributed by atoms with Crippen LogP contribution in [0.5, 0.6) is 5.75 Å². The van der Waals surface area contributed by atoms with Gasteiger partial charge in [-0.15, -0.1) is 0 Å². The van der Waals surface area contributed by atoms with Crippen molar-refractivity contribution in [1.29, 1.82) is 0 Å². The zero-order valence-electron chi connectivity index (χ0n) is 11.4. The molecule has 0 aromatic heterocycles. The SMILES string of the molecule is COc1ccc2c(c1)C(NC(C)CC(C)O)CC2. The molecule has 0 aliphatic heterocycles. The van der Waals surface area contributed by atoms with E-state index >= 15 is 0 Å². The van der Waals surface area contributed by atoms with E-state index in [-0.39, 0.29) is 6.10 Å². The molecule has 1 aromatic carbocycles. The summed E-state index contributed by atoms with van der Waals surface area (Å²) in [5, 5.41) is 13.0. The molecule has 3 heteroatoms. The monoisotopic (exact) mass is 249 g/mol. The Hall–Kier alpha value is -1.06. The van der Waals surface area contributed by atoms with E-state index in [1.807, 2.05) is 13.0 Å². The van der Waals surface area contributed by atoms with Gasteiger partial charge in [-0.2, -0.15) is 0 Å². The van der Waals surface area contributed by atoms with Crippen molar-refractivity contribution in [3.63, 3.8) is 0 Å². The molecular formula is C15H23NO2. The van der Waals surface area contributed by atoms with Crippen molar-refractivity contribution in [1.82, 2.24) is 5.32 Å². The van der Waals surface area contributed by atoms with Crippen LogP contribution in [0.2, 0.25) is 0 Å². The molecule has 1 aliphatic rings. The lowest BCUT2D eigenvalue weighted by atomic mass is 10.1. The first-order valence-electron chi connectivity index (χ1n) is 6.71. The lowest BCUT2D eigenvalue weighted by Gasteiger charge is -2.21. The number of aliphatic hydroxyl groups excluding tert-OH is 1. The van der Waals surface area contributed by atoms with Gasteiger partial charge in [-0.3, -0.25) is 0 Å². The van der Waals surface area contributed by atoms with Crippen molar-refractivity contribution < 1.29 is 9.84 Å². The van der Waals surface area contributed by atoms with E-state index in [2.05, 4.69) is 24.4 Å². The van der Waals surface area contributed by atoms with E-state index in [9.17, 15) is 5.11 Å². The minimum atomic E-state index is -0.251. The average Bonchev–Trinajstić information content (AvgIpc) is 2.70. The largest absolute Gasteiger partial charge is 0.497 e. The Kier molecular flexibility index (Phi) is 4.25. The van der Waals surface area contributed by atoms with Gasteiger partial charge in [0.05, 0.1) is 13.2 Å². The minimum Gasteiger partial charge on any atom is -0.497 e. The summed E-state index contributed by atoms with van der Waals surface area (Å²) in [6.45, 7) is 3.97. The predicted molar refractivity (Wildman–Crippen MR) is 73.0 cm³/mol. The number of nitrogens with one attached hydrogen (secondary N) is 1. The summed E-state index contributed by atoms with van der Waals surface area (Å²) >= 11 is 0. The normalized spacial score (nSPS) is 21.4. The summed E-state index contributed by atoms with van der Waals surface area (Å²) in [5.41, 5.74) is 2.77. The van der Waals surface area contributed by atoms with Crippen molar-refractivity contribution in [2.45, 2.75) is 51.3 Å². The van der Waals surface area contributed by atoms with Crippen LogP contribution in [0, 0.1) is 0 Å². The molecule has 0 amide bonds. The van der Waals surface area contributed by atoms with Crippen LogP contribution < -0.4 is 10.1 Å². The smallest absolute Gasteiger partial charge is 0.119 e. The fraction of sp³-hybridized carbons (Fsp3) is 0.600. The van der Waals surface area contributed by atoms with Gasteiger partial charge in [0.15, 0.2) is 0 Å². The molecule has 0 bridgehead atoms. The first kappa shape index (κ1) is 13.4. The van der Waals surface area contributed by atoms with E-state index in [0.717, 1.165) is 25.0 Å². The predicted octanol–water partition coefficient (Wildman–Crippen LogP) is 2.43. The van der Waals surface area contributed by atoms with Gasteiger partial charge in [-0.05, 0) is 56.4 Å². The molecule has 1 aromatic rings. The van der Waals surface area contributed by atoms with Gasteiger partial charge in [-0.1, -0.05) is 6.07 Å². The number of rotatable bonds is 5. The van der Waals surface area contributed by atoms with Crippen LogP contribution in [0.1, 0.15) is 43.9 Å². The lowest BCUT2D eigenvalue weighted by molar-refractivity contribution is 0.167. The van der Waals surface area contributed by atoms with Crippen LogP contribution in [0.25, 0.3) is 0 Å². The first-order valence-corrected chi connectivity index (χ1v) is 6.71. The minimum absolute atomic E-state index is 0.251. The molecule has 0 radical (unpaired) electrons. The highest BCUT2D eigenvalue weighted by atomic mass is 16.5. The molecule has 0 fully saturated rings. The molecule has 0 saturated heterocycles. The third kappa shape index (κ3) is 3.03. The number of aryl methyl sites for hydroxylation is 1. The molecule has 2 N–H and O–H groups in total. The molecule has 18 heavy (non-hydrogen) atoms. The number of hydrogen-bond acceptors (Lipinski definition) is 3.